The van der Waals surface area contributed by atoms with Gasteiger partial charge in [0.25, 0.3) is 0 Å². The van der Waals surface area contributed by atoms with E-state index in [0.29, 0.717) is 0 Å². The lowest BCUT2D eigenvalue weighted by Gasteiger charge is -2.12. The highest BCUT2D eigenvalue weighted by molar-refractivity contribution is 7.66. The van der Waals surface area contributed by atoms with Gasteiger partial charge in [-0.15, -0.1) is 0 Å². The highest BCUT2D eigenvalue weighted by Gasteiger charge is 2.14. The van der Waals surface area contributed by atoms with Crippen LogP contribution in [0.3, 0.4) is 0 Å². The van der Waals surface area contributed by atoms with E-state index in [0.717, 1.165) is 22.0 Å². The molecule has 1 atom stereocenters. The van der Waals surface area contributed by atoms with Crippen molar-refractivity contribution < 1.29 is 4.79 Å². The van der Waals surface area contributed by atoms with Crippen molar-refractivity contribution in [2.45, 2.75) is 34.6 Å². The highest BCUT2D eigenvalue weighted by Crippen LogP contribution is 2.26. The molecule has 2 aromatic carbocycles. The van der Waals surface area contributed by atoms with Crippen LogP contribution < -0.4 is 5.30 Å². The zero-order valence-electron chi connectivity index (χ0n) is 12.8. The molecule has 2 aromatic rings. The smallest absolute Gasteiger partial charge is 0.186 e. The average molecular weight is 284 g/mol. The van der Waals surface area contributed by atoms with Crippen LogP contribution in [0.5, 0.6) is 0 Å². The minimum atomic E-state index is 0.202. The fourth-order valence-corrected chi connectivity index (χ4v) is 3.88. The van der Waals surface area contributed by atoms with Crippen LogP contribution in [0.25, 0.3) is 0 Å². The second kappa shape index (κ2) is 5.89. The average Bonchev–Trinajstić information content (AvgIpc) is 2.31. The Hall–Kier alpha value is -1.46. The summed E-state index contributed by atoms with van der Waals surface area (Å²) in [7, 11) is 0.202. The zero-order chi connectivity index (χ0) is 14.9. The Kier molecular flexibility index (Phi) is 4.40. The molecule has 0 aliphatic carbocycles. The van der Waals surface area contributed by atoms with E-state index in [2.05, 4.69) is 51.1 Å². The molecule has 0 radical (unpaired) electrons. The molecule has 20 heavy (non-hydrogen) atoms. The molecule has 0 aliphatic heterocycles. The fourth-order valence-electron chi connectivity index (χ4n) is 2.68. The monoisotopic (exact) mass is 284 g/mol. The Balaban J connectivity index is 2.33. The Bertz CT molecular complexity index is 648. The second-order valence-corrected chi connectivity index (χ2v) is 6.79. The van der Waals surface area contributed by atoms with Gasteiger partial charge in [-0.3, -0.25) is 4.79 Å². The molecule has 0 heterocycles. The predicted molar refractivity (Wildman–Crippen MR) is 88.8 cm³/mol. The summed E-state index contributed by atoms with van der Waals surface area (Å²) in [5.74, 6) is 0. The van der Waals surface area contributed by atoms with Crippen molar-refractivity contribution in [2.24, 2.45) is 0 Å². The Labute approximate surface area is 123 Å². The molecule has 0 spiro atoms. The first kappa shape index (κ1) is 14.9. The van der Waals surface area contributed by atoms with Gasteiger partial charge in [0.2, 0.25) is 0 Å². The number of hydrogen-bond donors (Lipinski definition) is 0. The van der Waals surface area contributed by atoms with Crippen molar-refractivity contribution in [1.82, 2.24) is 0 Å². The van der Waals surface area contributed by atoms with Crippen molar-refractivity contribution in [3.8, 4) is 0 Å². The largest absolute Gasteiger partial charge is 0.289 e. The number of hydrogen-bond acceptors (Lipinski definition) is 1. The van der Waals surface area contributed by atoms with Crippen LogP contribution in [0.2, 0.25) is 0 Å². The minimum absolute atomic E-state index is 0.202. The lowest BCUT2D eigenvalue weighted by atomic mass is 10.0. The summed E-state index contributed by atoms with van der Waals surface area (Å²) in [4.78, 5) is 12.6. The fraction of sp³-hybridized carbons (Fsp3) is 0.278. The van der Waals surface area contributed by atoms with Crippen LogP contribution in [-0.4, -0.2) is 5.52 Å². The summed E-state index contributed by atoms with van der Waals surface area (Å²) in [5.41, 5.74) is 6.98. The molecule has 0 aromatic heterocycles. The quantitative estimate of drug-likeness (QED) is 0.765. The summed E-state index contributed by atoms with van der Waals surface area (Å²) in [5, 5.41) is 1.15. The van der Waals surface area contributed by atoms with Gasteiger partial charge >= 0.3 is 0 Å². The molecule has 0 aliphatic rings. The second-order valence-electron chi connectivity index (χ2n) is 5.55. The molecule has 0 amide bonds. The van der Waals surface area contributed by atoms with Crippen LogP contribution in [0.4, 0.5) is 0 Å². The first-order valence-corrected chi connectivity index (χ1v) is 7.85. The number of carbonyl (C=O) groups excluding carboxylic acids is 1. The van der Waals surface area contributed by atoms with Crippen LogP contribution >= 0.6 is 8.58 Å². The molecule has 1 unspecified atom stereocenters. The summed E-state index contributed by atoms with van der Waals surface area (Å²) in [6, 6.07) is 10.5. The maximum absolute atomic E-state index is 12.6. The van der Waals surface area contributed by atoms with Gasteiger partial charge in [0, 0.05) is 5.56 Å². The number of benzene rings is 2. The van der Waals surface area contributed by atoms with E-state index in [1.165, 1.54) is 16.7 Å². The third-order valence-electron chi connectivity index (χ3n) is 3.53. The van der Waals surface area contributed by atoms with Crippen molar-refractivity contribution >= 4 is 19.4 Å². The van der Waals surface area contributed by atoms with Gasteiger partial charge in [-0.2, -0.15) is 0 Å². The van der Waals surface area contributed by atoms with Gasteiger partial charge < -0.3 is 0 Å². The van der Waals surface area contributed by atoms with E-state index in [1.807, 2.05) is 13.8 Å². The molecule has 1 nitrogen and oxygen atoms in total. The van der Waals surface area contributed by atoms with E-state index < -0.39 is 0 Å². The molecular formula is C18H21OP. The summed E-state index contributed by atoms with van der Waals surface area (Å²) in [6.07, 6.45) is 0. The maximum Gasteiger partial charge on any atom is 0.186 e. The van der Waals surface area contributed by atoms with E-state index in [9.17, 15) is 4.79 Å². The topological polar surface area (TPSA) is 17.1 Å². The zero-order valence-corrected chi connectivity index (χ0v) is 13.8. The normalized spacial score (nSPS) is 11.2. The van der Waals surface area contributed by atoms with Gasteiger partial charge in [-0.25, -0.2) is 0 Å². The summed E-state index contributed by atoms with van der Waals surface area (Å²) >= 11 is 0. The van der Waals surface area contributed by atoms with Crippen LogP contribution in [0.15, 0.2) is 30.3 Å². The Morgan fingerprint density at radius 3 is 1.90 bits per heavy atom. The number of rotatable bonds is 3. The lowest BCUT2D eigenvalue weighted by molar-refractivity contribution is 0.108. The third-order valence-corrected chi connectivity index (χ3v) is 4.84. The molecular weight excluding hydrogens is 263 g/mol. The predicted octanol–water partition coefficient (Wildman–Crippen LogP) is 4.37. The van der Waals surface area contributed by atoms with Gasteiger partial charge in [0.05, 0.1) is 0 Å². The SMILES string of the molecule is Cc1ccc(PC(=O)c2c(C)cc(C)cc2C)c(C)c1. The van der Waals surface area contributed by atoms with Crippen LogP contribution in [0.1, 0.15) is 38.2 Å². The Morgan fingerprint density at radius 1 is 0.800 bits per heavy atom. The summed E-state index contributed by atoms with van der Waals surface area (Å²) in [6.45, 7) is 10.3. The van der Waals surface area contributed by atoms with Gasteiger partial charge in [-0.1, -0.05) is 41.5 Å². The maximum atomic E-state index is 12.6. The van der Waals surface area contributed by atoms with Gasteiger partial charge in [0.15, 0.2) is 5.52 Å². The molecule has 2 rings (SSSR count). The van der Waals surface area contributed by atoms with E-state index in [-0.39, 0.29) is 14.1 Å². The van der Waals surface area contributed by atoms with Crippen molar-refractivity contribution in [3.05, 3.63) is 63.7 Å². The standard InChI is InChI=1S/C18H21OP/c1-11-6-7-16(13(3)8-11)20-18(19)17-14(4)9-12(2)10-15(17)5/h6-10,20H,1-5H3. The van der Waals surface area contributed by atoms with Crippen LogP contribution in [0, 0.1) is 34.6 Å². The molecule has 0 N–H and O–H groups in total. The molecule has 0 bridgehead atoms. The lowest BCUT2D eigenvalue weighted by Crippen LogP contribution is -2.07. The minimum Gasteiger partial charge on any atom is -0.289 e. The van der Waals surface area contributed by atoms with Gasteiger partial charge in [-0.05, 0) is 65.2 Å². The molecule has 0 fully saturated rings. The van der Waals surface area contributed by atoms with E-state index >= 15 is 0 Å². The van der Waals surface area contributed by atoms with Crippen LogP contribution in [-0.2, 0) is 0 Å². The number of aryl methyl sites for hydroxylation is 5. The van der Waals surface area contributed by atoms with Gasteiger partial charge in [0.1, 0.15) is 0 Å². The number of carbonyl (C=O) groups is 1. The van der Waals surface area contributed by atoms with Crippen molar-refractivity contribution in [3.63, 3.8) is 0 Å². The Morgan fingerprint density at radius 2 is 1.35 bits per heavy atom. The third kappa shape index (κ3) is 3.16. The van der Waals surface area contributed by atoms with E-state index in [4.69, 9.17) is 0 Å². The molecule has 2 heteroatoms. The van der Waals surface area contributed by atoms with Crippen molar-refractivity contribution in [1.29, 1.82) is 0 Å². The highest BCUT2D eigenvalue weighted by atomic mass is 31.1. The molecule has 104 valence electrons. The molecule has 0 saturated heterocycles. The first-order chi connectivity index (χ1) is 9.38. The van der Waals surface area contributed by atoms with Crippen molar-refractivity contribution in [2.75, 3.05) is 0 Å². The summed E-state index contributed by atoms with van der Waals surface area (Å²) < 4.78 is 0. The molecule has 0 saturated carbocycles. The van der Waals surface area contributed by atoms with E-state index in [1.54, 1.807) is 0 Å². The first-order valence-electron chi connectivity index (χ1n) is 6.85.